The largest absolute Gasteiger partial charge is 0.339 e. The molecular weight excluding hydrogens is 240 g/mol. The molecule has 1 aromatic rings. The van der Waals surface area contributed by atoms with Gasteiger partial charge in [0.05, 0.1) is 6.54 Å². The fraction of sp³-hybridized carbons (Fsp3) is 0.857. The molecule has 1 aliphatic rings. The fourth-order valence-electron chi connectivity index (χ4n) is 2.65. The van der Waals surface area contributed by atoms with Crippen molar-refractivity contribution in [3.63, 3.8) is 0 Å². The van der Waals surface area contributed by atoms with Gasteiger partial charge in [0.2, 0.25) is 5.89 Å². The van der Waals surface area contributed by atoms with Crippen LogP contribution in [0.2, 0.25) is 0 Å². The van der Waals surface area contributed by atoms with Crippen molar-refractivity contribution >= 4 is 0 Å². The summed E-state index contributed by atoms with van der Waals surface area (Å²) >= 11 is 0. The van der Waals surface area contributed by atoms with Gasteiger partial charge in [-0.15, -0.1) is 0 Å². The molecule has 108 valence electrons. The summed E-state index contributed by atoms with van der Waals surface area (Å²) in [7, 11) is 0. The predicted molar refractivity (Wildman–Crippen MR) is 74.9 cm³/mol. The van der Waals surface area contributed by atoms with Gasteiger partial charge in [-0.2, -0.15) is 4.98 Å². The van der Waals surface area contributed by atoms with Gasteiger partial charge in [-0.3, -0.25) is 4.90 Å². The monoisotopic (exact) mass is 266 g/mol. The second kappa shape index (κ2) is 7.60. The van der Waals surface area contributed by atoms with Gasteiger partial charge in [-0.25, -0.2) is 0 Å². The summed E-state index contributed by atoms with van der Waals surface area (Å²) in [6, 6.07) is 0.633. The van der Waals surface area contributed by atoms with Crippen molar-refractivity contribution < 1.29 is 4.52 Å². The van der Waals surface area contributed by atoms with Crippen LogP contribution in [-0.4, -0.2) is 40.7 Å². The molecule has 1 atom stereocenters. The maximum absolute atomic E-state index is 5.25. The minimum Gasteiger partial charge on any atom is -0.339 e. The summed E-state index contributed by atoms with van der Waals surface area (Å²) in [5.41, 5.74) is 0. The normalized spacial score (nSPS) is 19.4. The van der Waals surface area contributed by atoms with Crippen molar-refractivity contribution in [3.8, 4) is 0 Å². The molecule has 19 heavy (non-hydrogen) atoms. The van der Waals surface area contributed by atoms with Crippen LogP contribution >= 0.6 is 0 Å². The Hall–Kier alpha value is -0.940. The number of rotatable bonds is 8. The van der Waals surface area contributed by atoms with Gasteiger partial charge in [-0.05, 0) is 38.8 Å². The molecule has 1 unspecified atom stereocenters. The first-order valence-corrected chi connectivity index (χ1v) is 7.59. The Morgan fingerprint density at radius 1 is 1.37 bits per heavy atom. The molecule has 1 saturated heterocycles. The Labute approximate surface area is 115 Å². The predicted octanol–water partition coefficient (Wildman–Crippen LogP) is 1.99. The zero-order chi connectivity index (χ0) is 13.5. The highest BCUT2D eigenvalue weighted by atomic mass is 16.5. The van der Waals surface area contributed by atoms with E-state index < -0.39 is 0 Å². The Balaban J connectivity index is 1.86. The number of aromatic nitrogens is 2. The minimum atomic E-state index is 0.633. The van der Waals surface area contributed by atoms with Crippen LogP contribution < -0.4 is 5.32 Å². The van der Waals surface area contributed by atoms with E-state index in [9.17, 15) is 0 Å². The number of nitrogens with one attached hydrogen (secondary N) is 1. The van der Waals surface area contributed by atoms with Crippen molar-refractivity contribution in [2.75, 3.05) is 19.6 Å². The molecule has 2 rings (SSSR count). The van der Waals surface area contributed by atoms with Crippen LogP contribution in [0.25, 0.3) is 0 Å². The SMILES string of the molecule is CCCc1nc(CN(CCC)CC2CCCN2)no1. The lowest BCUT2D eigenvalue weighted by molar-refractivity contribution is 0.232. The van der Waals surface area contributed by atoms with Crippen molar-refractivity contribution in [3.05, 3.63) is 11.7 Å². The fourth-order valence-corrected chi connectivity index (χ4v) is 2.65. The molecule has 0 radical (unpaired) electrons. The van der Waals surface area contributed by atoms with Crippen molar-refractivity contribution in [2.45, 2.75) is 58.5 Å². The molecule has 0 saturated carbocycles. The molecule has 0 bridgehead atoms. The third-order valence-corrected chi connectivity index (χ3v) is 3.52. The molecule has 1 aliphatic heterocycles. The lowest BCUT2D eigenvalue weighted by Gasteiger charge is -2.23. The maximum Gasteiger partial charge on any atom is 0.226 e. The standard InChI is InChI=1S/C14H26N4O/c1-3-6-14-16-13(17-19-14)11-18(9-4-2)10-12-7-5-8-15-12/h12,15H,3-11H2,1-2H3. The zero-order valence-electron chi connectivity index (χ0n) is 12.2. The van der Waals surface area contributed by atoms with Crippen LogP contribution in [0, 0.1) is 0 Å². The average molecular weight is 266 g/mol. The highest BCUT2D eigenvalue weighted by Crippen LogP contribution is 2.10. The number of aryl methyl sites for hydroxylation is 1. The maximum atomic E-state index is 5.25. The molecule has 0 aromatic carbocycles. The summed E-state index contributed by atoms with van der Waals surface area (Å²) in [5.74, 6) is 1.60. The third-order valence-electron chi connectivity index (χ3n) is 3.52. The van der Waals surface area contributed by atoms with E-state index in [0.29, 0.717) is 6.04 Å². The van der Waals surface area contributed by atoms with E-state index in [0.717, 1.165) is 57.2 Å². The second-order valence-corrected chi connectivity index (χ2v) is 5.38. The first kappa shape index (κ1) is 14.5. The van der Waals surface area contributed by atoms with Gasteiger partial charge in [-0.1, -0.05) is 19.0 Å². The van der Waals surface area contributed by atoms with Crippen molar-refractivity contribution in [1.29, 1.82) is 0 Å². The number of hydrogen-bond donors (Lipinski definition) is 1. The lowest BCUT2D eigenvalue weighted by Crippen LogP contribution is -2.37. The second-order valence-electron chi connectivity index (χ2n) is 5.38. The molecule has 5 heteroatoms. The Kier molecular flexibility index (Phi) is 5.79. The van der Waals surface area contributed by atoms with E-state index in [1.165, 1.54) is 12.8 Å². The summed E-state index contributed by atoms with van der Waals surface area (Å²) in [6.45, 7) is 8.49. The van der Waals surface area contributed by atoms with Crippen LogP contribution in [0.1, 0.15) is 51.2 Å². The number of nitrogens with zero attached hydrogens (tertiary/aromatic N) is 3. The van der Waals surface area contributed by atoms with Crippen molar-refractivity contribution in [1.82, 2.24) is 20.4 Å². The van der Waals surface area contributed by atoms with E-state index >= 15 is 0 Å². The summed E-state index contributed by atoms with van der Waals surface area (Å²) in [4.78, 5) is 6.89. The van der Waals surface area contributed by atoms with Gasteiger partial charge < -0.3 is 9.84 Å². The molecule has 0 spiro atoms. The molecule has 0 aliphatic carbocycles. The van der Waals surface area contributed by atoms with E-state index in [1.807, 2.05) is 0 Å². The van der Waals surface area contributed by atoms with E-state index in [4.69, 9.17) is 4.52 Å². The molecule has 2 heterocycles. The quantitative estimate of drug-likeness (QED) is 0.780. The van der Waals surface area contributed by atoms with Crippen molar-refractivity contribution in [2.24, 2.45) is 0 Å². The number of hydrogen-bond acceptors (Lipinski definition) is 5. The van der Waals surface area contributed by atoms with Gasteiger partial charge in [0.25, 0.3) is 0 Å². The zero-order valence-corrected chi connectivity index (χ0v) is 12.2. The molecule has 0 amide bonds. The highest BCUT2D eigenvalue weighted by Gasteiger charge is 2.19. The van der Waals surface area contributed by atoms with Crippen LogP contribution in [-0.2, 0) is 13.0 Å². The van der Waals surface area contributed by atoms with Gasteiger partial charge in [0, 0.05) is 19.0 Å². The molecule has 1 N–H and O–H groups in total. The first-order chi connectivity index (χ1) is 9.31. The molecular formula is C14H26N4O. The summed E-state index contributed by atoms with van der Waals surface area (Å²) < 4.78 is 5.25. The minimum absolute atomic E-state index is 0.633. The Morgan fingerprint density at radius 2 is 2.26 bits per heavy atom. The molecule has 1 aromatic heterocycles. The Morgan fingerprint density at radius 3 is 2.95 bits per heavy atom. The van der Waals surface area contributed by atoms with Gasteiger partial charge in [0.15, 0.2) is 5.82 Å². The van der Waals surface area contributed by atoms with Crippen LogP contribution in [0.15, 0.2) is 4.52 Å². The summed E-state index contributed by atoms with van der Waals surface area (Å²) in [5, 5.41) is 7.63. The van der Waals surface area contributed by atoms with Crippen LogP contribution in [0.3, 0.4) is 0 Å². The van der Waals surface area contributed by atoms with Gasteiger partial charge in [0.1, 0.15) is 0 Å². The highest BCUT2D eigenvalue weighted by molar-refractivity contribution is 4.88. The van der Waals surface area contributed by atoms with E-state index in [2.05, 4.69) is 34.2 Å². The molecule has 5 nitrogen and oxygen atoms in total. The average Bonchev–Trinajstić information content (AvgIpc) is 3.02. The van der Waals surface area contributed by atoms with E-state index in [-0.39, 0.29) is 0 Å². The van der Waals surface area contributed by atoms with Crippen LogP contribution in [0.4, 0.5) is 0 Å². The smallest absolute Gasteiger partial charge is 0.226 e. The summed E-state index contributed by atoms with van der Waals surface area (Å²) in [6.07, 6.45) is 5.67. The first-order valence-electron chi connectivity index (χ1n) is 7.59. The molecule has 1 fully saturated rings. The Bertz CT molecular complexity index is 360. The lowest BCUT2D eigenvalue weighted by atomic mass is 10.2. The van der Waals surface area contributed by atoms with Gasteiger partial charge >= 0.3 is 0 Å². The topological polar surface area (TPSA) is 54.2 Å². The van der Waals surface area contributed by atoms with E-state index in [1.54, 1.807) is 0 Å². The van der Waals surface area contributed by atoms with Crippen LogP contribution in [0.5, 0.6) is 0 Å². The third kappa shape index (κ3) is 4.58.